The molecular weight excluding hydrogens is 239 g/mol. The summed E-state index contributed by atoms with van der Waals surface area (Å²) in [6.07, 6.45) is 5.33. The van der Waals surface area contributed by atoms with Crippen LogP contribution in [0.3, 0.4) is 0 Å². The van der Waals surface area contributed by atoms with E-state index < -0.39 is 15.2 Å². The SMILES string of the molecule is O=S(=O)(Cl)CCC(F)C1CCCCCC1. The number of rotatable bonds is 4. The molecule has 1 rings (SSSR count). The molecule has 0 aliphatic heterocycles. The summed E-state index contributed by atoms with van der Waals surface area (Å²) in [4.78, 5) is 0. The highest BCUT2D eigenvalue weighted by molar-refractivity contribution is 8.13. The van der Waals surface area contributed by atoms with Crippen LogP contribution in [0, 0.1) is 5.92 Å². The van der Waals surface area contributed by atoms with Crippen LogP contribution in [0.15, 0.2) is 0 Å². The summed E-state index contributed by atoms with van der Waals surface area (Å²) in [5.41, 5.74) is 0. The Labute approximate surface area is 95.6 Å². The van der Waals surface area contributed by atoms with Gasteiger partial charge in [0.15, 0.2) is 0 Å². The first-order valence-electron chi connectivity index (χ1n) is 5.55. The predicted molar refractivity (Wildman–Crippen MR) is 60.3 cm³/mol. The number of hydrogen-bond acceptors (Lipinski definition) is 2. The lowest BCUT2D eigenvalue weighted by atomic mass is 9.94. The van der Waals surface area contributed by atoms with Gasteiger partial charge in [-0.15, -0.1) is 0 Å². The number of halogens is 2. The van der Waals surface area contributed by atoms with Crippen molar-refractivity contribution in [2.75, 3.05) is 5.75 Å². The van der Waals surface area contributed by atoms with Gasteiger partial charge < -0.3 is 0 Å². The molecule has 1 fully saturated rings. The predicted octanol–water partition coefficient (Wildman–Crippen LogP) is 3.25. The second-order valence-electron chi connectivity index (χ2n) is 4.30. The smallest absolute Gasteiger partial charge is 0.232 e. The molecular formula is C10H18ClFO2S. The van der Waals surface area contributed by atoms with E-state index in [4.69, 9.17) is 10.7 Å². The van der Waals surface area contributed by atoms with Gasteiger partial charge in [-0.2, -0.15) is 0 Å². The maximum atomic E-state index is 13.7. The fraction of sp³-hybridized carbons (Fsp3) is 1.00. The monoisotopic (exact) mass is 256 g/mol. The van der Waals surface area contributed by atoms with Crippen LogP contribution in [-0.2, 0) is 9.05 Å². The van der Waals surface area contributed by atoms with Gasteiger partial charge in [-0.3, -0.25) is 0 Å². The zero-order valence-corrected chi connectivity index (χ0v) is 10.4. The van der Waals surface area contributed by atoms with Crippen molar-refractivity contribution in [1.82, 2.24) is 0 Å². The van der Waals surface area contributed by atoms with Crippen molar-refractivity contribution in [2.24, 2.45) is 5.92 Å². The fourth-order valence-electron chi connectivity index (χ4n) is 2.16. The van der Waals surface area contributed by atoms with Crippen LogP contribution in [0.4, 0.5) is 4.39 Å². The van der Waals surface area contributed by atoms with Crippen molar-refractivity contribution in [1.29, 1.82) is 0 Å². The molecule has 0 spiro atoms. The van der Waals surface area contributed by atoms with Gasteiger partial charge in [-0.25, -0.2) is 12.8 Å². The maximum Gasteiger partial charge on any atom is 0.232 e. The van der Waals surface area contributed by atoms with Gasteiger partial charge in [0.05, 0.1) is 5.75 Å². The Morgan fingerprint density at radius 1 is 1.20 bits per heavy atom. The lowest BCUT2D eigenvalue weighted by Gasteiger charge is -2.18. The first-order valence-corrected chi connectivity index (χ1v) is 8.03. The summed E-state index contributed by atoms with van der Waals surface area (Å²) in [7, 11) is 1.52. The van der Waals surface area contributed by atoms with Gasteiger partial charge in [-0.05, 0) is 25.2 Å². The van der Waals surface area contributed by atoms with E-state index in [9.17, 15) is 12.8 Å². The van der Waals surface area contributed by atoms with Crippen molar-refractivity contribution < 1.29 is 12.8 Å². The lowest BCUT2D eigenvalue weighted by molar-refractivity contribution is 0.203. The van der Waals surface area contributed by atoms with Crippen molar-refractivity contribution in [2.45, 2.75) is 51.1 Å². The first-order chi connectivity index (χ1) is 6.99. The van der Waals surface area contributed by atoms with Crippen molar-refractivity contribution in [3.63, 3.8) is 0 Å². The Morgan fingerprint density at radius 2 is 1.73 bits per heavy atom. The third kappa shape index (κ3) is 5.71. The first kappa shape index (κ1) is 13.2. The molecule has 1 atom stereocenters. The van der Waals surface area contributed by atoms with Gasteiger partial charge >= 0.3 is 0 Å². The molecule has 0 aromatic heterocycles. The van der Waals surface area contributed by atoms with Crippen molar-refractivity contribution >= 4 is 19.7 Å². The summed E-state index contributed by atoms with van der Waals surface area (Å²) in [5, 5.41) is 0. The molecule has 90 valence electrons. The zero-order chi connectivity index (χ0) is 11.3. The highest BCUT2D eigenvalue weighted by Gasteiger charge is 2.23. The molecule has 0 saturated heterocycles. The van der Waals surface area contributed by atoms with Crippen LogP contribution >= 0.6 is 10.7 Å². The molecule has 0 aromatic carbocycles. The molecule has 2 nitrogen and oxygen atoms in total. The van der Waals surface area contributed by atoms with Crippen LogP contribution in [0.5, 0.6) is 0 Å². The Kier molecular flexibility index (Phi) is 5.33. The Bertz CT molecular complexity index is 271. The van der Waals surface area contributed by atoms with E-state index in [0.717, 1.165) is 25.7 Å². The minimum Gasteiger partial charge on any atom is -0.247 e. The molecule has 0 bridgehead atoms. The molecule has 0 heterocycles. The van der Waals surface area contributed by atoms with E-state index in [1.54, 1.807) is 0 Å². The van der Waals surface area contributed by atoms with Crippen LogP contribution in [0.1, 0.15) is 44.9 Å². The minimum absolute atomic E-state index is 0.0471. The van der Waals surface area contributed by atoms with E-state index in [2.05, 4.69) is 0 Å². The third-order valence-corrected chi connectivity index (χ3v) is 4.24. The molecule has 0 radical (unpaired) electrons. The Balaban J connectivity index is 2.34. The largest absolute Gasteiger partial charge is 0.247 e. The van der Waals surface area contributed by atoms with Crippen molar-refractivity contribution in [3.8, 4) is 0 Å². The normalized spacial score (nSPS) is 22.3. The van der Waals surface area contributed by atoms with E-state index in [-0.39, 0.29) is 18.1 Å². The summed E-state index contributed by atoms with van der Waals surface area (Å²) in [6.45, 7) is 0. The quantitative estimate of drug-likeness (QED) is 0.572. The van der Waals surface area contributed by atoms with E-state index in [1.807, 2.05) is 0 Å². The van der Waals surface area contributed by atoms with Crippen LogP contribution in [0.25, 0.3) is 0 Å². The Hall–Kier alpha value is 0.170. The maximum absolute atomic E-state index is 13.7. The van der Waals surface area contributed by atoms with Crippen LogP contribution in [0.2, 0.25) is 0 Å². The van der Waals surface area contributed by atoms with E-state index in [1.165, 1.54) is 12.8 Å². The van der Waals surface area contributed by atoms with Crippen LogP contribution in [-0.4, -0.2) is 20.3 Å². The van der Waals surface area contributed by atoms with Gasteiger partial charge in [0.1, 0.15) is 6.17 Å². The molecule has 0 amide bonds. The van der Waals surface area contributed by atoms with Crippen LogP contribution < -0.4 is 0 Å². The van der Waals surface area contributed by atoms with Gasteiger partial charge in [0.25, 0.3) is 0 Å². The second-order valence-corrected chi connectivity index (χ2v) is 7.20. The molecule has 1 saturated carbocycles. The average Bonchev–Trinajstić information content (AvgIpc) is 2.41. The highest BCUT2D eigenvalue weighted by atomic mass is 35.7. The summed E-state index contributed by atoms with van der Waals surface area (Å²) < 4.78 is 35.0. The van der Waals surface area contributed by atoms with Gasteiger partial charge in [0, 0.05) is 10.7 Å². The lowest BCUT2D eigenvalue weighted by Crippen LogP contribution is -2.18. The molecule has 1 aliphatic rings. The molecule has 5 heteroatoms. The summed E-state index contributed by atoms with van der Waals surface area (Å²) in [6, 6.07) is 0. The Morgan fingerprint density at radius 3 is 2.20 bits per heavy atom. The molecule has 15 heavy (non-hydrogen) atoms. The second kappa shape index (κ2) is 6.04. The fourth-order valence-corrected chi connectivity index (χ4v) is 2.94. The third-order valence-electron chi connectivity index (χ3n) is 3.05. The molecule has 1 unspecified atom stereocenters. The highest BCUT2D eigenvalue weighted by Crippen LogP contribution is 2.28. The summed E-state index contributed by atoms with van der Waals surface area (Å²) in [5.74, 6) is -0.197. The molecule has 0 aromatic rings. The molecule has 1 aliphatic carbocycles. The average molecular weight is 257 g/mol. The van der Waals surface area contributed by atoms with Crippen molar-refractivity contribution in [3.05, 3.63) is 0 Å². The van der Waals surface area contributed by atoms with E-state index in [0.29, 0.717) is 0 Å². The minimum atomic E-state index is -3.53. The topological polar surface area (TPSA) is 34.1 Å². The van der Waals surface area contributed by atoms with Gasteiger partial charge in [0.2, 0.25) is 9.05 Å². The molecule has 0 N–H and O–H groups in total. The van der Waals surface area contributed by atoms with Gasteiger partial charge in [-0.1, -0.05) is 25.7 Å². The van der Waals surface area contributed by atoms with E-state index >= 15 is 0 Å². The summed E-state index contributed by atoms with van der Waals surface area (Å²) >= 11 is 0. The standard InChI is InChI=1S/C10H18ClFO2S/c11-15(13,14)8-7-10(12)9-5-3-1-2-4-6-9/h9-10H,1-8H2. The number of hydrogen-bond donors (Lipinski definition) is 0. The number of alkyl halides is 1. The zero-order valence-electron chi connectivity index (χ0n) is 8.79.